The molecule has 128 valence electrons. The maximum absolute atomic E-state index is 12.5. The van der Waals surface area contributed by atoms with Crippen LogP contribution in [0.15, 0.2) is 17.0 Å². The fraction of sp³-hybridized carbons (Fsp3) is 0.500. The zero-order valence-electron chi connectivity index (χ0n) is 13.2. The van der Waals surface area contributed by atoms with E-state index in [-0.39, 0.29) is 28.1 Å². The molecule has 0 radical (unpaired) electrons. The highest BCUT2D eigenvalue weighted by atomic mass is 32.2. The summed E-state index contributed by atoms with van der Waals surface area (Å²) < 4.78 is 27.2. The van der Waals surface area contributed by atoms with Crippen LogP contribution in [0.4, 0.5) is 5.69 Å². The first-order chi connectivity index (χ1) is 10.6. The molecule has 1 aromatic carbocycles. The number of benzene rings is 1. The number of sulfonamides is 1. The molecule has 9 heteroatoms. The van der Waals surface area contributed by atoms with Crippen LogP contribution in [0.2, 0.25) is 0 Å². The van der Waals surface area contributed by atoms with Crippen LogP contribution < -0.4 is 4.72 Å². The van der Waals surface area contributed by atoms with Crippen LogP contribution in [0.3, 0.4) is 0 Å². The molecule has 0 aromatic heterocycles. The van der Waals surface area contributed by atoms with Gasteiger partial charge in [-0.05, 0) is 31.4 Å². The van der Waals surface area contributed by atoms with Crippen molar-refractivity contribution in [3.8, 4) is 0 Å². The van der Waals surface area contributed by atoms with Crippen molar-refractivity contribution in [1.82, 2.24) is 4.72 Å². The Morgan fingerprint density at radius 3 is 2.26 bits per heavy atom. The van der Waals surface area contributed by atoms with Gasteiger partial charge in [0.25, 0.3) is 5.69 Å². The topological polar surface area (TPSA) is 127 Å². The number of aryl methyl sites for hydroxylation is 2. The second-order valence-corrected chi connectivity index (χ2v) is 6.97. The Balaban J connectivity index is 3.22. The Bertz CT molecular complexity index is 691. The molecule has 0 heterocycles. The summed E-state index contributed by atoms with van der Waals surface area (Å²) in [6.07, 6.45) is 1.48. The average Bonchev–Trinajstić information content (AvgIpc) is 2.41. The molecule has 0 aliphatic carbocycles. The van der Waals surface area contributed by atoms with Gasteiger partial charge < -0.3 is 5.11 Å². The van der Waals surface area contributed by atoms with Crippen molar-refractivity contribution >= 4 is 21.7 Å². The summed E-state index contributed by atoms with van der Waals surface area (Å²) in [5.74, 6) is -1.25. The SMILES string of the molecule is CCCCC(NS(=O)(=O)c1c(C)cc([N+](=O)[O-])cc1C)C(=O)O. The molecule has 0 saturated carbocycles. The zero-order chi connectivity index (χ0) is 17.8. The predicted octanol–water partition coefficient (Wildman–Crippen LogP) is 2.13. The lowest BCUT2D eigenvalue weighted by atomic mass is 10.1. The molecule has 0 amide bonds. The largest absolute Gasteiger partial charge is 0.480 e. The van der Waals surface area contributed by atoms with E-state index in [2.05, 4.69) is 4.72 Å². The minimum atomic E-state index is -4.09. The number of carboxylic acid groups (broad SMARTS) is 1. The first-order valence-corrected chi connectivity index (χ1v) is 8.59. The lowest BCUT2D eigenvalue weighted by Crippen LogP contribution is -2.41. The summed E-state index contributed by atoms with van der Waals surface area (Å²) in [6.45, 7) is 4.75. The lowest BCUT2D eigenvalue weighted by Gasteiger charge is -2.17. The average molecular weight is 344 g/mol. The molecule has 2 N–H and O–H groups in total. The minimum absolute atomic E-state index is 0.120. The number of carboxylic acids is 1. The molecule has 23 heavy (non-hydrogen) atoms. The van der Waals surface area contributed by atoms with E-state index in [1.807, 2.05) is 6.92 Å². The Morgan fingerprint density at radius 2 is 1.87 bits per heavy atom. The van der Waals surface area contributed by atoms with E-state index in [0.29, 0.717) is 6.42 Å². The van der Waals surface area contributed by atoms with Crippen LogP contribution >= 0.6 is 0 Å². The van der Waals surface area contributed by atoms with Crippen molar-refractivity contribution in [1.29, 1.82) is 0 Å². The Labute approximate surface area is 134 Å². The number of rotatable bonds is 8. The summed E-state index contributed by atoms with van der Waals surface area (Å²) in [5, 5.41) is 20.0. The number of non-ortho nitro benzene ring substituents is 1. The molecular formula is C14H20N2O6S. The second-order valence-electron chi connectivity index (χ2n) is 5.32. The minimum Gasteiger partial charge on any atom is -0.480 e. The first kappa shape index (κ1) is 19.0. The number of carbonyl (C=O) groups is 1. The van der Waals surface area contributed by atoms with Crippen molar-refractivity contribution in [3.63, 3.8) is 0 Å². The van der Waals surface area contributed by atoms with Crippen molar-refractivity contribution in [3.05, 3.63) is 33.4 Å². The van der Waals surface area contributed by atoms with Crippen LogP contribution in [-0.4, -0.2) is 30.5 Å². The van der Waals surface area contributed by atoms with Crippen LogP contribution in [0, 0.1) is 24.0 Å². The molecule has 1 rings (SSSR count). The van der Waals surface area contributed by atoms with E-state index in [0.717, 1.165) is 18.6 Å². The van der Waals surface area contributed by atoms with Crippen molar-refractivity contribution in [2.24, 2.45) is 0 Å². The van der Waals surface area contributed by atoms with Gasteiger partial charge in [-0.15, -0.1) is 0 Å². The molecule has 0 saturated heterocycles. The zero-order valence-corrected chi connectivity index (χ0v) is 14.0. The third kappa shape index (κ3) is 4.73. The second kappa shape index (κ2) is 7.51. The number of hydrogen-bond acceptors (Lipinski definition) is 5. The summed E-state index contributed by atoms with van der Waals surface area (Å²) in [7, 11) is -4.09. The molecule has 0 spiro atoms. The summed E-state index contributed by atoms with van der Waals surface area (Å²) in [4.78, 5) is 21.3. The van der Waals surface area contributed by atoms with Gasteiger partial charge in [-0.1, -0.05) is 19.8 Å². The highest BCUT2D eigenvalue weighted by Crippen LogP contribution is 2.26. The van der Waals surface area contributed by atoms with Gasteiger partial charge in [-0.25, -0.2) is 8.42 Å². The van der Waals surface area contributed by atoms with Gasteiger partial charge in [0, 0.05) is 12.1 Å². The van der Waals surface area contributed by atoms with Crippen LogP contribution in [0.25, 0.3) is 0 Å². The van der Waals surface area contributed by atoms with E-state index < -0.39 is 27.0 Å². The van der Waals surface area contributed by atoms with Crippen molar-refractivity contribution in [2.45, 2.75) is 51.0 Å². The van der Waals surface area contributed by atoms with E-state index >= 15 is 0 Å². The van der Waals surface area contributed by atoms with Gasteiger partial charge in [0.05, 0.1) is 9.82 Å². The fourth-order valence-electron chi connectivity index (χ4n) is 2.34. The van der Waals surface area contributed by atoms with Crippen LogP contribution in [0.5, 0.6) is 0 Å². The van der Waals surface area contributed by atoms with Crippen molar-refractivity contribution < 1.29 is 23.2 Å². The number of unbranched alkanes of at least 4 members (excludes halogenated alkanes) is 1. The Morgan fingerprint density at radius 1 is 1.35 bits per heavy atom. The molecule has 1 atom stereocenters. The highest BCUT2D eigenvalue weighted by molar-refractivity contribution is 7.89. The molecule has 0 fully saturated rings. The van der Waals surface area contributed by atoms with Crippen LogP contribution in [-0.2, 0) is 14.8 Å². The van der Waals surface area contributed by atoms with Gasteiger partial charge >= 0.3 is 5.97 Å². The monoisotopic (exact) mass is 344 g/mol. The maximum atomic E-state index is 12.5. The van der Waals surface area contributed by atoms with Gasteiger partial charge in [-0.2, -0.15) is 4.72 Å². The summed E-state index contributed by atoms with van der Waals surface area (Å²) in [6, 6.07) is 1.08. The molecule has 1 unspecified atom stereocenters. The lowest BCUT2D eigenvalue weighted by molar-refractivity contribution is -0.385. The summed E-state index contributed by atoms with van der Waals surface area (Å²) in [5.41, 5.74) is 0.187. The normalized spacial score (nSPS) is 12.8. The van der Waals surface area contributed by atoms with Gasteiger partial charge in [0.2, 0.25) is 10.0 Å². The number of nitro benzene ring substituents is 1. The molecular weight excluding hydrogens is 324 g/mol. The molecule has 1 aromatic rings. The quantitative estimate of drug-likeness (QED) is 0.549. The maximum Gasteiger partial charge on any atom is 0.321 e. The molecule has 8 nitrogen and oxygen atoms in total. The van der Waals surface area contributed by atoms with Gasteiger partial charge in [0.1, 0.15) is 6.04 Å². The van der Waals surface area contributed by atoms with E-state index in [9.17, 15) is 23.3 Å². The predicted molar refractivity (Wildman–Crippen MR) is 83.8 cm³/mol. The third-order valence-corrected chi connectivity index (χ3v) is 5.14. The molecule has 0 bridgehead atoms. The van der Waals surface area contributed by atoms with Gasteiger partial charge in [-0.3, -0.25) is 14.9 Å². The third-order valence-electron chi connectivity index (χ3n) is 3.37. The number of nitro groups is 1. The van der Waals surface area contributed by atoms with Crippen molar-refractivity contribution in [2.75, 3.05) is 0 Å². The van der Waals surface area contributed by atoms with E-state index in [4.69, 9.17) is 5.11 Å². The van der Waals surface area contributed by atoms with Gasteiger partial charge in [0.15, 0.2) is 0 Å². The Kier molecular flexibility index (Phi) is 6.22. The standard InChI is InChI=1S/C14H20N2O6S/c1-4-5-6-12(14(17)18)15-23(21,22)13-9(2)7-11(16(19)20)8-10(13)3/h7-8,12,15H,4-6H2,1-3H3,(H,17,18). The smallest absolute Gasteiger partial charge is 0.321 e. The Hall–Kier alpha value is -2.00. The molecule has 0 aliphatic rings. The highest BCUT2D eigenvalue weighted by Gasteiger charge is 2.28. The number of nitrogens with zero attached hydrogens (tertiary/aromatic N) is 1. The fourth-order valence-corrected chi connectivity index (χ4v) is 4.02. The first-order valence-electron chi connectivity index (χ1n) is 7.11. The number of hydrogen-bond donors (Lipinski definition) is 2. The molecule has 0 aliphatic heterocycles. The van der Waals surface area contributed by atoms with E-state index in [1.54, 1.807) is 0 Å². The number of aliphatic carboxylic acids is 1. The van der Waals surface area contributed by atoms with E-state index in [1.165, 1.54) is 13.8 Å². The van der Waals surface area contributed by atoms with Crippen LogP contribution in [0.1, 0.15) is 37.3 Å². The number of nitrogens with one attached hydrogen (secondary N) is 1. The summed E-state index contributed by atoms with van der Waals surface area (Å²) >= 11 is 0.